The topological polar surface area (TPSA) is 39.5 Å². The van der Waals surface area contributed by atoms with Crippen LogP contribution in [0.1, 0.15) is 12.1 Å². The molecule has 0 saturated carbocycles. The van der Waals surface area contributed by atoms with E-state index in [1.165, 1.54) is 0 Å². The zero-order chi connectivity index (χ0) is 19.6. The molecule has 0 spiro atoms. The van der Waals surface area contributed by atoms with E-state index in [4.69, 9.17) is 9.47 Å². The van der Waals surface area contributed by atoms with Gasteiger partial charge in [0.15, 0.2) is 0 Å². The van der Waals surface area contributed by atoms with Gasteiger partial charge in [-0.3, -0.25) is 4.90 Å². The van der Waals surface area contributed by atoms with Crippen LogP contribution in [0.4, 0.5) is 4.39 Å². The third kappa shape index (κ3) is 5.10. The third-order valence-electron chi connectivity index (χ3n) is 4.95. The van der Waals surface area contributed by atoms with Gasteiger partial charge in [0.2, 0.25) is 5.88 Å². The Morgan fingerprint density at radius 2 is 2.15 bits per heavy atom. The molecule has 2 aromatic heterocycles. The summed E-state index contributed by atoms with van der Waals surface area (Å²) in [5.74, 6) is 0.582. The number of rotatable bonds is 8. The second kappa shape index (κ2) is 8.59. The number of alkyl halides is 1. The summed E-state index contributed by atoms with van der Waals surface area (Å²) in [6.45, 7) is 10.2. The normalized spacial score (nSPS) is 18.5. The van der Waals surface area contributed by atoms with Gasteiger partial charge in [0, 0.05) is 56.1 Å². The molecule has 0 unspecified atom stereocenters. The Kier molecular flexibility index (Phi) is 6.61. The van der Waals surface area contributed by atoms with Crippen LogP contribution in [0.5, 0.6) is 5.88 Å². The first-order valence-electron chi connectivity index (χ1n) is 9.43. The summed E-state index contributed by atoms with van der Waals surface area (Å²) in [6, 6.07) is 3.26. The number of hydrogen-bond donors (Lipinski definition) is 0. The summed E-state index contributed by atoms with van der Waals surface area (Å²) in [5, 5.41) is 1.04. The van der Waals surface area contributed by atoms with Crippen molar-refractivity contribution < 1.29 is 13.9 Å². The molecule has 0 aliphatic carbocycles. The van der Waals surface area contributed by atoms with E-state index < -0.39 is 14.2 Å². The monoisotopic (exact) mass is 457 g/mol. The maximum atomic E-state index is 13.6. The summed E-state index contributed by atoms with van der Waals surface area (Å²) in [4.78, 5) is 6.56. The number of likely N-dealkylation sites (tertiary alicyclic amines) is 1. The lowest BCUT2D eigenvalue weighted by Crippen LogP contribution is -2.24. The highest BCUT2D eigenvalue weighted by molar-refractivity contribution is 9.10. The fraction of sp³-hybridized carbons (Fsp3) is 0.632. The van der Waals surface area contributed by atoms with Crippen LogP contribution in [0.3, 0.4) is 0 Å². The predicted octanol–water partition coefficient (Wildman–Crippen LogP) is 4.66. The van der Waals surface area contributed by atoms with Gasteiger partial charge in [0.25, 0.3) is 0 Å². The number of ether oxygens (including phenoxy) is 2. The number of halogens is 2. The number of fused-ring (bicyclic) bond motifs is 1. The van der Waals surface area contributed by atoms with Gasteiger partial charge >= 0.3 is 0 Å². The summed E-state index contributed by atoms with van der Waals surface area (Å²) < 4.78 is 28.2. The van der Waals surface area contributed by atoms with E-state index in [-0.39, 0.29) is 0 Å². The third-order valence-corrected chi connectivity index (χ3v) is 7.28. The van der Waals surface area contributed by atoms with Gasteiger partial charge in [-0.15, -0.1) is 0 Å². The molecule has 1 aliphatic rings. The van der Waals surface area contributed by atoms with Crippen molar-refractivity contribution in [1.29, 1.82) is 0 Å². The van der Waals surface area contributed by atoms with E-state index in [0.717, 1.165) is 40.3 Å². The lowest BCUT2D eigenvalue weighted by molar-refractivity contribution is 0.0865. The van der Waals surface area contributed by atoms with Gasteiger partial charge in [-0.25, -0.2) is 9.37 Å². The molecule has 5 nitrogen and oxygen atoms in total. The fourth-order valence-corrected chi connectivity index (χ4v) is 4.54. The highest BCUT2D eigenvalue weighted by atomic mass is 79.9. The minimum Gasteiger partial charge on any atom is -0.479 e. The lowest BCUT2D eigenvalue weighted by atomic mass is 10.3. The zero-order valence-corrected chi connectivity index (χ0v) is 19.2. The van der Waals surface area contributed by atoms with E-state index in [1.54, 1.807) is 13.3 Å². The van der Waals surface area contributed by atoms with Crippen LogP contribution in [0, 0.1) is 0 Å². The Hall–Kier alpha value is -0.963. The summed E-state index contributed by atoms with van der Waals surface area (Å²) in [5.41, 5.74) is 2.02. The van der Waals surface area contributed by atoms with Crippen LogP contribution in [0.15, 0.2) is 16.7 Å². The molecule has 1 fully saturated rings. The van der Waals surface area contributed by atoms with Crippen molar-refractivity contribution in [3.63, 3.8) is 0 Å². The van der Waals surface area contributed by atoms with Crippen molar-refractivity contribution in [2.45, 2.75) is 51.6 Å². The largest absolute Gasteiger partial charge is 0.479 e. The number of methoxy groups -OCH3 is 1. The van der Waals surface area contributed by atoms with Crippen LogP contribution in [-0.2, 0) is 18.0 Å². The average molecular weight is 458 g/mol. The molecule has 2 aromatic rings. The van der Waals surface area contributed by atoms with Gasteiger partial charge in [0.1, 0.15) is 18.4 Å². The van der Waals surface area contributed by atoms with Crippen molar-refractivity contribution in [1.82, 2.24) is 14.5 Å². The Balaban J connectivity index is 1.88. The van der Waals surface area contributed by atoms with Crippen LogP contribution < -0.4 is 4.74 Å². The summed E-state index contributed by atoms with van der Waals surface area (Å²) in [6.07, 6.45) is 1.65. The Morgan fingerprint density at radius 3 is 2.78 bits per heavy atom. The first-order valence-corrected chi connectivity index (χ1v) is 13.9. The van der Waals surface area contributed by atoms with Gasteiger partial charge in [-0.1, -0.05) is 19.6 Å². The molecule has 0 amide bonds. The smallest absolute Gasteiger partial charge is 0.238 e. The van der Waals surface area contributed by atoms with E-state index in [1.807, 2.05) is 0 Å². The highest BCUT2D eigenvalue weighted by Crippen LogP contribution is 2.33. The molecule has 1 saturated heterocycles. The number of pyridine rings is 1. The second-order valence-electron chi connectivity index (χ2n) is 8.41. The van der Waals surface area contributed by atoms with Crippen LogP contribution in [0.2, 0.25) is 25.7 Å². The van der Waals surface area contributed by atoms with Gasteiger partial charge in [0.05, 0.1) is 7.11 Å². The molecule has 0 radical (unpaired) electrons. The molecule has 3 heterocycles. The summed E-state index contributed by atoms with van der Waals surface area (Å²) in [7, 11) is 0.493. The Bertz CT molecular complexity index is 793. The second-order valence-corrected chi connectivity index (χ2v) is 14.9. The SMILES string of the molecule is COc1ncc(Br)c2cc(CN3CC[C@H](F)C3)n(COCC[Si](C)(C)C)c12. The molecule has 27 heavy (non-hydrogen) atoms. The maximum absolute atomic E-state index is 13.6. The lowest BCUT2D eigenvalue weighted by Gasteiger charge is -2.19. The first-order chi connectivity index (χ1) is 12.8. The molecule has 0 N–H and O–H groups in total. The Morgan fingerprint density at radius 1 is 1.37 bits per heavy atom. The Labute approximate surface area is 170 Å². The van der Waals surface area contributed by atoms with Crippen molar-refractivity contribution in [3.8, 4) is 5.88 Å². The van der Waals surface area contributed by atoms with Crippen molar-refractivity contribution in [2.24, 2.45) is 0 Å². The molecule has 8 heteroatoms. The number of nitrogens with zero attached hydrogens (tertiary/aromatic N) is 3. The maximum Gasteiger partial charge on any atom is 0.238 e. The standard InChI is InChI=1S/C19H29BrFN3O2Si/c1-25-19-18-16(17(20)10-22-19)9-15(12-23-6-5-14(21)11-23)24(18)13-26-7-8-27(2,3)4/h9-10,14H,5-8,11-13H2,1-4H3/t14-/m0/s1. The van der Waals surface area contributed by atoms with Crippen molar-refractivity contribution in [3.05, 3.63) is 22.4 Å². The van der Waals surface area contributed by atoms with Gasteiger partial charge in [-0.2, -0.15) is 0 Å². The molecule has 0 aromatic carbocycles. The van der Waals surface area contributed by atoms with E-state index in [2.05, 4.69) is 56.1 Å². The minimum absolute atomic E-state index is 0.449. The minimum atomic E-state index is -1.14. The number of hydrogen-bond acceptors (Lipinski definition) is 4. The number of aromatic nitrogens is 2. The molecule has 3 rings (SSSR count). The predicted molar refractivity (Wildman–Crippen MR) is 113 cm³/mol. The van der Waals surface area contributed by atoms with Crippen LogP contribution >= 0.6 is 15.9 Å². The van der Waals surface area contributed by atoms with Gasteiger partial charge in [-0.05, 0) is 34.5 Å². The fourth-order valence-electron chi connectivity index (χ4n) is 3.38. The van der Waals surface area contributed by atoms with E-state index >= 15 is 0 Å². The molecule has 1 aliphatic heterocycles. The van der Waals surface area contributed by atoms with Crippen molar-refractivity contribution >= 4 is 34.9 Å². The molecule has 150 valence electrons. The molecule has 0 bridgehead atoms. The van der Waals surface area contributed by atoms with E-state index in [0.29, 0.717) is 32.1 Å². The van der Waals surface area contributed by atoms with Crippen LogP contribution in [0.25, 0.3) is 10.9 Å². The first kappa shape index (κ1) is 20.8. The average Bonchev–Trinajstić information content (AvgIpc) is 3.16. The molecule has 1 atom stereocenters. The van der Waals surface area contributed by atoms with Crippen LogP contribution in [-0.4, -0.2) is 55.5 Å². The van der Waals surface area contributed by atoms with Gasteiger partial charge < -0.3 is 14.0 Å². The molecular formula is C19H29BrFN3O2Si. The van der Waals surface area contributed by atoms with E-state index in [9.17, 15) is 4.39 Å². The molecular weight excluding hydrogens is 429 g/mol. The zero-order valence-electron chi connectivity index (χ0n) is 16.6. The highest BCUT2D eigenvalue weighted by Gasteiger charge is 2.24. The quantitative estimate of drug-likeness (QED) is 0.426. The summed E-state index contributed by atoms with van der Waals surface area (Å²) >= 11 is 3.60. The van der Waals surface area contributed by atoms with Crippen molar-refractivity contribution in [2.75, 3.05) is 26.8 Å².